The van der Waals surface area contributed by atoms with Crippen LogP contribution in [0, 0.1) is 19.8 Å². The summed E-state index contributed by atoms with van der Waals surface area (Å²) in [6, 6.07) is 5.26. The Labute approximate surface area is 180 Å². The fourth-order valence-corrected chi connectivity index (χ4v) is 5.58. The van der Waals surface area contributed by atoms with Crippen molar-refractivity contribution in [2.24, 2.45) is 5.92 Å². The largest absolute Gasteiger partial charge is 0.379 e. The standard InChI is InChI=1S/C22H35N3O4S/c1-18-5-6-21(17-19(18)2)30(27,28)25-11-7-20(8-12-25)22(26)23-9-3-4-10-24-13-15-29-16-14-24/h5-6,17,20H,3-4,7-16H2,1-2H3,(H,23,26). The fourth-order valence-electron chi connectivity index (χ4n) is 4.02. The van der Waals surface area contributed by atoms with Crippen molar-refractivity contribution in [3.8, 4) is 0 Å². The van der Waals surface area contributed by atoms with Crippen molar-refractivity contribution in [1.29, 1.82) is 0 Å². The average Bonchev–Trinajstić information content (AvgIpc) is 2.76. The van der Waals surface area contributed by atoms with Gasteiger partial charge in [-0.05, 0) is 69.3 Å². The Morgan fingerprint density at radius 1 is 1.07 bits per heavy atom. The van der Waals surface area contributed by atoms with Crippen LogP contribution in [0.4, 0.5) is 0 Å². The van der Waals surface area contributed by atoms with Gasteiger partial charge in [-0.2, -0.15) is 4.31 Å². The lowest BCUT2D eigenvalue weighted by molar-refractivity contribution is -0.126. The van der Waals surface area contributed by atoms with E-state index in [1.165, 1.54) is 4.31 Å². The predicted molar refractivity (Wildman–Crippen MR) is 117 cm³/mol. The number of unbranched alkanes of at least 4 members (excludes halogenated alkanes) is 1. The normalized spacial score (nSPS) is 19.7. The van der Waals surface area contributed by atoms with Gasteiger partial charge >= 0.3 is 0 Å². The van der Waals surface area contributed by atoms with Crippen molar-refractivity contribution in [2.75, 3.05) is 52.5 Å². The molecule has 2 fully saturated rings. The molecule has 30 heavy (non-hydrogen) atoms. The first-order valence-electron chi connectivity index (χ1n) is 11.0. The summed E-state index contributed by atoms with van der Waals surface area (Å²) in [5, 5.41) is 3.04. The number of carbonyl (C=O) groups excluding carboxylic acids is 1. The van der Waals surface area contributed by atoms with Gasteiger partial charge in [-0.1, -0.05) is 6.07 Å². The predicted octanol–water partition coefficient (Wildman–Crippen LogP) is 1.93. The summed E-state index contributed by atoms with van der Waals surface area (Å²) in [5.41, 5.74) is 2.05. The van der Waals surface area contributed by atoms with Gasteiger partial charge in [-0.25, -0.2) is 8.42 Å². The lowest BCUT2D eigenvalue weighted by Crippen LogP contribution is -2.43. The molecule has 2 saturated heterocycles. The van der Waals surface area contributed by atoms with Gasteiger partial charge in [0.2, 0.25) is 15.9 Å². The molecule has 1 amide bonds. The molecular formula is C22H35N3O4S. The summed E-state index contributed by atoms with van der Waals surface area (Å²) < 4.78 is 32.7. The van der Waals surface area contributed by atoms with E-state index >= 15 is 0 Å². The molecule has 0 aliphatic carbocycles. The fraction of sp³-hybridized carbons (Fsp3) is 0.682. The molecule has 1 aromatic rings. The van der Waals surface area contributed by atoms with Gasteiger partial charge in [0.1, 0.15) is 0 Å². The minimum absolute atomic E-state index is 0.0598. The number of piperidine rings is 1. The number of sulfonamides is 1. The third kappa shape index (κ3) is 6.03. The lowest BCUT2D eigenvalue weighted by Gasteiger charge is -2.30. The number of hydrogen-bond donors (Lipinski definition) is 1. The molecule has 0 unspecified atom stereocenters. The van der Waals surface area contributed by atoms with E-state index in [4.69, 9.17) is 4.74 Å². The third-order valence-corrected chi connectivity index (χ3v) is 8.14. The van der Waals surface area contributed by atoms with E-state index in [0.717, 1.165) is 56.8 Å². The van der Waals surface area contributed by atoms with Gasteiger partial charge in [0.15, 0.2) is 0 Å². The number of hydrogen-bond acceptors (Lipinski definition) is 5. The highest BCUT2D eigenvalue weighted by Gasteiger charge is 2.32. The minimum Gasteiger partial charge on any atom is -0.379 e. The van der Waals surface area contributed by atoms with Crippen LogP contribution >= 0.6 is 0 Å². The van der Waals surface area contributed by atoms with Crippen molar-refractivity contribution >= 4 is 15.9 Å². The van der Waals surface area contributed by atoms with Gasteiger partial charge < -0.3 is 10.1 Å². The minimum atomic E-state index is -3.50. The van der Waals surface area contributed by atoms with E-state index in [1.807, 2.05) is 19.9 Å². The number of nitrogens with one attached hydrogen (secondary N) is 1. The maximum absolute atomic E-state index is 12.9. The van der Waals surface area contributed by atoms with Crippen LogP contribution in [0.25, 0.3) is 0 Å². The van der Waals surface area contributed by atoms with Crippen LogP contribution in [-0.2, 0) is 19.6 Å². The molecule has 3 rings (SSSR count). The summed E-state index contributed by atoms with van der Waals surface area (Å²) in [4.78, 5) is 15.2. The molecule has 8 heteroatoms. The number of benzene rings is 1. The molecular weight excluding hydrogens is 402 g/mol. The molecule has 1 N–H and O–H groups in total. The lowest BCUT2D eigenvalue weighted by atomic mass is 9.97. The Balaban J connectivity index is 1.38. The maximum atomic E-state index is 12.9. The smallest absolute Gasteiger partial charge is 0.243 e. The molecule has 2 aliphatic rings. The average molecular weight is 438 g/mol. The summed E-state index contributed by atoms with van der Waals surface area (Å²) >= 11 is 0. The first-order chi connectivity index (χ1) is 14.4. The highest BCUT2D eigenvalue weighted by Crippen LogP contribution is 2.25. The molecule has 7 nitrogen and oxygen atoms in total. The topological polar surface area (TPSA) is 79.0 Å². The molecule has 0 atom stereocenters. The van der Waals surface area contributed by atoms with Gasteiger partial charge in [0.05, 0.1) is 18.1 Å². The second kappa shape index (κ2) is 10.7. The molecule has 168 valence electrons. The van der Waals surface area contributed by atoms with Crippen molar-refractivity contribution in [3.05, 3.63) is 29.3 Å². The van der Waals surface area contributed by atoms with Crippen LogP contribution in [0.3, 0.4) is 0 Å². The number of nitrogens with zero attached hydrogens (tertiary/aromatic N) is 2. The van der Waals surface area contributed by atoms with Crippen LogP contribution in [-0.4, -0.2) is 76.0 Å². The molecule has 0 spiro atoms. The van der Waals surface area contributed by atoms with Gasteiger partial charge in [-0.3, -0.25) is 9.69 Å². The summed E-state index contributed by atoms with van der Waals surface area (Å²) in [7, 11) is -3.50. The van der Waals surface area contributed by atoms with E-state index in [-0.39, 0.29) is 11.8 Å². The zero-order valence-corrected chi connectivity index (χ0v) is 19.0. The Hall–Kier alpha value is -1.48. The SMILES string of the molecule is Cc1ccc(S(=O)(=O)N2CCC(C(=O)NCCCCN3CCOCC3)CC2)cc1C. The van der Waals surface area contributed by atoms with E-state index in [2.05, 4.69) is 10.2 Å². The Morgan fingerprint density at radius 3 is 2.43 bits per heavy atom. The van der Waals surface area contributed by atoms with Crippen LogP contribution < -0.4 is 5.32 Å². The number of morpholine rings is 1. The van der Waals surface area contributed by atoms with Crippen LogP contribution in [0.1, 0.15) is 36.8 Å². The van der Waals surface area contributed by atoms with Crippen molar-refractivity contribution < 1.29 is 17.9 Å². The highest BCUT2D eigenvalue weighted by molar-refractivity contribution is 7.89. The molecule has 1 aromatic carbocycles. The monoisotopic (exact) mass is 437 g/mol. The van der Waals surface area contributed by atoms with E-state index in [9.17, 15) is 13.2 Å². The Morgan fingerprint density at radius 2 is 1.77 bits per heavy atom. The van der Waals surface area contributed by atoms with Crippen molar-refractivity contribution in [1.82, 2.24) is 14.5 Å². The Kier molecular flexibility index (Phi) is 8.27. The van der Waals surface area contributed by atoms with E-state index < -0.39 is 10.0 Å². The van der Waals surface area contributed by atoms with Crippen LogP contribution in [0.5, 0.6) is 0 Å². The van der Waals surface area contributed by atoms with E-state index in [1.54, 1.807) is 12.1 Å². The summed E-state index contributed by atoms with van der Waals surface area (Å²) in [6.07, 6.45) is 3.17. The molecule has 2 aliphatic heterocycles. The summed E-state index contributed by atoms with van der Waals surface area (Å²) in [5.74, 6) is -0.0416. The zero-order chi connectivity index (χ0) is 21.6. The molecule has 0 aromatic heterocycles. The van der Waals surface area contributed by atoms with Gasteiger partial charge in [0.25, 0.3) is 0 Å². The number of amides is 1. The molecule has 0 radical (unpaired) electrons. The quantitative estimate of drug-likeness (QED) is 0.629. The molecule has 0 saturated carbocycles. The second-order valence-electron chi connectivity index (χ2n) is 8.38. The number of carbonyl (C=O) groups is 1. The zero-order valence-electron chi connectivity index (χ0n) is 18.2. The van der Waals surface area contributed by atoms with Gasteiger partial charge in [0, 0.05) is 38.6 Å². The molecule has 2 heterocycles. The summed E-state index contributed by atoms with van der Waals surface area (Å²) in [6.45, 7) is 10.0. The first kappa shape index (κ1) is 23.2. The molecule has 0 bridgehead atoms. The second-order valence-corrected chi connectivity index (χ2v) is 10.3. The third-order valence-electron chi connectivity index (χ3n) is 6.24. The van der Waals surface area contributed by atoms with Crippen molar-refractivity contribution in [3.63, 3.8) is 0 Å². The van der Waals surface area contributed by atoms with E-state index in [0.29, 0.717) is 37.4 Å². The van der Waals surface area contributed by atoms with Crippen molar-refractivity contribution in [2.45, 2.75) is 44.4 Å². The van der Waals surface area contributed by atoms with Crippen LogP contribution in [0.15, 0.2) is 23.1 Å². The van der Waals surface area contributed by atoms with Gasteiger partial charge in [-0.15, -0.1) is 0 Å². The number of ether oxygens (including phenoxy) is 1. The Bertz CT molecular complexity index is 814. The first-order valence-corrected chi connectivity index (χ1v) is 12.5. The maximum Gasteiger partial charge on any atom is 0.243 e. The number of aryl methyl sites for hydroxylation is 2. The highest BCUT2D eigenvalue weighted by atomic mass is 32.2. The van der Waals surface area contributed by atoms with Crippen LogP contribution in [0.2, 0.25) is 0 Å². The number of rotatable bonds is 8.